The van der Waals surface area contributed by atoms with Crippen molar-refractivity contribution in [2.24, 2.45) is 0 Å². The van der Waals surface area contributed by atoms with Gasteiger partial charge in [-0.05, 0) is 42.8 Å². The summed E-state index contributed by atoms with van der Waals surface area (Å²) >= 11 is 0. The van der Waals surface area contributed by atoms with Crippen LogP contribution in [-0.4, -0.2) is 28.6 Å². The lowest BCUT2D eigenvalue weighted by atomic mass is 10.0. The number of benzene rings is 2. The lowest BCUT2D eigenvalue weighted by Crippen LogP contribution is -2.37. The van der Waals surface area contributed by atoms with Crippen molar-refractivity contribution in [3.05, 3.63) is 66.0 Å². The molecule has 0 radical (unpaired) electrons. The van der Waals surface area contributed by atoms with E-state index in [1.165, 1.54) is 12.1 Å². The highest BCUT2D eigenvalue weighted by molar-refractivity contribution is 6.07. The third kappa shape index (κ3) is 3.67. The van der Waals surface area contributed by atoms with Crippen molar-refractivity contribution in [3.63, 3.8) is 0 Å². The Morgan fingerprint density at radius 1 is 1.20 bits per heavy atom. The maximum absolute atomic E-state index is 13.2. The van der Waals surface area contributed by atoms with Gasteiger partial charge in [0.2, 0.25) is 0 Å². The average Bonchev–Trinajstić information content (AvgIpc) is 2.65. The smallest absolute Gasteiger partial charge is 0.252 e. The Labute approximate surface area is 145 Å². The molecule has 0 aliphatic carbocycles. The van der Waals surface area contributed by atoms with E-state index in [1.54, 1.807) is 18.2 Å². The largest absolute Gasteiger partial charge is 0.394 e. The number of carbonyl (C=O) groups excluding carboxylic acids is 1. The third-order valence-corrected chi connectivity index (χ3v) is 4.15. The molecule has 3 aromatic rings. The first-order valence-electron chi connectivity index (χ1n) is 8.19. The van der Waals surface area contributed by atoms with Gasteiger partial charge in [0, 0.05) is 10.9 Å². The number of pyridine rings is 1. The van der Waals surface area contributed by atoms with E-state index in [0.29, 0.717) is 23.2 Å². The fraction of sp³-hybridized carbons (Fsp3) is 0.200. The van der Waals surface area contributed by atoms with Gasteiger partial charge in [0.05, 0.1) is 29.4 Å². The van der Waals surface area contributed by atoms with Crippen LogP contribution in [0.25, 0.3) is 22.2 Å². The minimum atomic E-state index is -0.323. The van der Waals surface area contributed by atoms with Crippen molar-refractivity contribution in [2.75, 3.05) is 6.61 Å². The van der Waals surface area contributed by atoms with Gasteiger partial charge in [0.15, 0.2) is 0 Å². The SMILES string of the molecule is CC[C@@H](CO)NC(=O)c1cc(-c2ccc(F)cc2)nc2ccccc12. The number of rotatable bonds is 5. The summed E-state index contributed by atoms with van der Waals surface area (Å²) in [6.45, 7) is 1.78. The molecule has 0 saturated heterocycles. The number of halogens is 1. The zero-order valence-corrected chi connectivity index (χ0v) is 13.9. The van der Waals surface area contributed by atoms with Crippen molar-refractivity contribution in [1.82, 2.24) is 10.3 Å². The van der Waals surface area contributed by atoms with Gasteiger partial charge in [0.25, 0.3) is 5.91 Å². The van der Waals surface area contributed by atoms with Crippen LogP contribution in [-0.2, 0) is 0 Å². The van der Waals surface area contributed by atoms with Gasteiger partial charge in [-0.15, -0.1) is 0 Å². The van der Waals surface area contributed by atoms with E-state index < -0.39 is 0 Å². The minimum absolute atomic E-state index is 0.115. The average molecular weight is 338 g/mol. The molecule has 4 nitrogen and oxygen atoms in total. The maximum atomic E-state index is 13.2. The van der Waals surface area contributed by atoms with Crippen LogP contribution in [0.2, 0.25) is 0 Å². The molecule has 0 saturated carbocycles. The molecule has 1 amide bonds. The molecule has 1 aromatic heterocycles. The van der Waals surface area contributed by atoms with Crippen LogP contribution in [0.15, 0.2) is 54.6 Å². The van der Waals surface area contributed by atoms with Gasteiger partial charge in [0.1, 0.15) is 5.82 Å². The van der Waals surface area contributed by atoms with E-state index in [0.717, 1.165) is 10.9 Å². The molecule has 2 aromatic carbocycles. The fourth-order valence-electron chi connectivity index (χ4n) is 2.67. The van der Waals surface area contributed by atoms with Crippen molar-refractivity contribution in [2.45, 2.75) is 19.4 Å². The predicted octanol–water partition coefficient (Wildman–Crippen LogP) is 3.54. The number of aromatic nitrogens is 1. The van der Waals surface area contributed by atoms with Gasteiger partial charge in [-0.2, -0.15) is 0 Å². The van der Waals surface area contributed by atoms with Crippen LogP contribution in [0.4, 0.5) is 4.39 Å². The second-order valence-corrected chi connectivity index (χ2v) is 5.84. The Bertz CT molecular complexity index is 890. The Balaban J connectivity index is 2.09. The molecular weight excluding hydrogens is 319 g/mol. The number of nitrogens with zero attached hydrogens (tertiary/aromatic N) is 1. The van der Waals surface area contributed by atoms with Gasteiger partial charge in [-0.3, -0.25) is 4.79 Å². The molecule has 0 unspecified atom stereocenters. The minimum Gasteiger partial charge on any atom is -0.394 e. The Morgan fingerprint density at radius 2 is 1.92 bits per heavy atom. The number of aliphatic hydroxyl groups is 1. The first kappa shape index (κ1) is 17.0. The summed E-state index contributed by atoms with van der Waals surface area (Å²) in [4.78, 5) is 17.3. The number of hydrogen-bond acceptors (Lipinski definition) is 3. The number of para-hydroxylation sites is 1. The van der Waals surface area contributed by atoms with E-state index in [1.807, 2.05) is 31.2 Å². The molecule has 1 atom stereocenters. The highest BCUT2D eigenvalue weighted by atomic mass is 19.1. The van der Waals surface area contributed by atoms with Gasteiger partial charge in [-0.1, -0.05) is 25.1 Å². The number of aliphatic hydroxyl groups excluding tert-OH is 1. The van der Waals surface area contributed by atoms with E-state index >= 15 is 0 Å². The maximum Gasteiger partial charge on any atom is 0.252 e. The van der Waals surface area contributed by atoms with Gasteiger partial charge < -0.3 is 10.4 Å². The molecule has 0 bridgehead atoms. The van der Waals surface area contributed by atoms with E-state index in [4.69, 9.17) is 0 Å². The summed E-state index contributed by atoms with van der Waals surface area (Å²) in [5.41, 5.74) is 2.50. The summed E-state index contributed by atoms with van der Waals surface area (Å²) in [5, 5.41) is 12.9. The number of carbonyl (C=O) groups is 1. The second-order valence-electron chi connectivity index (χ2n) is 5.84. The standard InChI is InChI=1S/C20H19FN2O2/c1-2-15(12-24)22-20(25)17-11-19(13-7-9-14(21)10-8-13)23-18-6-4-3-5-16(17)18/h3-11,15,24H,2,12H2,1H3,(H,22,25)/t15-/m0/s1. The molecule has 0 aliphatic heterocycles. The molecule has 0 aliphatic rings. The van der Waals surface area contributed by atoms with Crippen LogP contribution < -0.4 is 5.32 Å². The summed E-state index contributed by atoms with van der Waals surface area (Å²) in [6, 6.07) is 14.8. The molecular formula is C20H19FN2O2. The first-order valence-corrected chi connectivity index (χ1v) is 8.19. The number of nitrogens with one attached hydrogen (secondary N) is 1. The lowest BCUT2D eigenvalue weighted by molar-refractivity contribution is 0.0916. The molecule has 0 fully saturated rings. The normalized spacial score (nSPS) is 12.1. The molecule has 1 heterocycles. The van der Waals surface area contributed by atoms with Crippen molar-refractivity contribution in [3.8, 4) is 11.3 Å². The van der Waals surface area contributed by atoms with Crippen molar-refractivity contribution >= 4 is 16.8 Å². The molecule has 3 rings (SSSR count). The van der Waals surface area contributed by atoms with Crippen LogP contribution in [0, 0.1) is 5.82 Å². The third-order valence-electron chi connectivity index (χ3n) is 4.15. The molecule has 128 valence electrons. The predicted molar refractivity (Wildman–Crippen MR) is 95.8 cm³/mol. The zero-order chi connectivity index (χ0) is 17.8. The summed E-state index contributed by atoms with van der Waals surface area (Å²) in [6.07, 6.45) is 0.635. The molecule has 5 heteroatoms. The fourth-order valence-corrected chi connectivity index (χ4v) is 2.67. The quantitative estimate of drug-likeness (QED) is 0.748. The Hall–Kier alpha value is -2.79. The van der Waals surface area contributed by atoms with Crippen LogP contribution in [0.5, 0.6) is 0 Å². The Kier molecular flexibility index (Phi) is 5.05. The van der Waals surface area contributed by atoms with Gasteiger partial charge in [-0.25, -0.2) is 9.37 Å². The number of hydrogen-bond donors (Lipinski definition) is 2. The van der Waals surface area contributed by atoms with Crippen LogP contribution >= 0.6 is 0 Å². The number of amides is 1. The Morgan fingerprint density at radius 3 is 2.60 bits per heavy atom. The summed E-state index contributed by atoms with van der Waals surface area (Å²) in [7, 11) is 0. The topological polar surface area (TPSA) is 62.2 Å². The highest BCUT2D eigenvalue weighted by Gasteiger charge is 2.16. The van der Waals surface area contributed by atoms with Gasteiger partial charge >= 0.3 is 0 Å². The number of fused-ring (bicyclic) bond motifs is 1. The zero-order valence-electron chi connectivity index (χ0n) is 13.9. The summed E-state index contributed by atoms with van der Waals surface area (Å²) in [5.74, 6) is -0.584. The lowest BCUT2D eigenvalue weighted by Gasteiger charge is -2.16. The van der Waals surface area contributed by atoms with E-state index in [2.05, 4.69) is 10.3 Å². The van der Waals surface area contributed by atoms with Crippen LogP contribution in [0.3, 0.4) is 0 Å². The van der Waals surface area contributed by atoms with Crippen molar-refractivity contribution < 1.29 is 14.3 Å². The van der Waals surface area contributed by atoms with E-state index in [-0.39, 0.29) is 24.4 Å². The highest BCUT2D eigenvalue weighted by Crippen LogP contribution is 2.25. The molecule has 25 heavy (non-hydrogen) atoms. The second kappa shape index (κ2) is 7.40. The first-order chi connectivity index (χ1) is 12.1. The van der Waals surface area contributed by atoms with Crippen LogP contribution in [0.1, 0.15) is 23.7 Å². The summed E-state index contributed by atoms with van der Waals surface area (Å²) < 4.78 is 13.2. The molecule has 2 N–H and O–H groups in total. The van der Waals surface area contributed by atoms with E-state index in [9.17, 15) is 14.3 Å². The van der Waals surface area contributed by atoms with Crippen molar-refractivity contribution in [1.29, 1.82) is 0 Å². The molecule has 0 spiro atoms. The monoisotopic (exact) mass is 338 g/mol.